The van der Waals surface area contributed by atoms with Crippen LogP contribution in [0, 0.1) is 11.8 Å². The Balaban J connectivity index is 1.80. The molecule has 0 aliphatic heterocycles. The third kappa shape index (κ3) is 4.18. The number of benzene rings is 3. The highest BCUT2D eigenvalue weighted by atomic mass is 79.9. The van der Waals surface area contributed by atoms with Crippen LogP contribution in [0.3, 0.4) is 0 Å². The Morgan fingerprint density at radius 1 is 0.833 bits per heavy atom. The number of rotatable bonds is 3. The molecular formula is C21H17BrN2. The molecule has 0 spiro atoms. The van der Waals surface area contributed by atoms with Gasteiger partial charge in [0.05, 0.1) is 5.69 Å². The highest BCUT2D eigenvalue weighted by Crippen LogP contribution is 2.17. The van der Waals surface area contributed by atoms with E-state index in [2.05, 4.69) is 45.2 Å². The second-order valence-corrected chi connectivity index (χ2v) is 6.28. The first-order chi connectivity index (χ1) is 11.7. The van der Waals surface area contributed by atoms with Gasteiger partial charge in [0.25, 0.3) is 0 Å². The molecule has 0 aliphatic carbocycles. The second kappa shape index (κ2) is 7.72. The molecule has 3 heteroatoms. The number of hydrogen-bond acceptors (Lipinski definition) is 2. The molecule has 3 aromatic carbocycles. The van der Waals surface area contributed by atoms with Crippen LogP contribution in [0.4, 0.5) is 11.4 Å². The minimum Gasteiger partial charge on any atom is -0.398 e. The van der Waals surface area contributed by atoms with E-state index in [4.69, 9.17) is 5.73 Å². The molecule has 24 heavy (non-hydrogen) atoms. The molecule has 0 unspecified atom stereocenters. The lowest BCUT2D eigenvalue weighted by molar-refractivity contribution is 1.14. The van der Waals surface area contributed by atoms with Gasteiger partial charge in [-0.2, -0.15) is 0 Å². The summed E-state index contributed by atoms with van der Waals surface area (Å²) >= 11 is 3.50. The van der Waals surface area contributed by atoms with Crippen molar-refractivity contribution in [2.24, 2.45) is 0 Å². The van der Waals surface area contributed by atoms with Gasteiger partial charge in [-0.3, -0.25) is 0 Å². The van der Waals surface area contributed by atoms with Crippen LogP contribution >= 0.6 is 15.9 Å². The lowest BCUT2D eigenvalue weighted by Crippen LogP contribution is -2.01. The van der Waals surface area contributed by atoms with Gasteiger partial charge in [-0.1, -0.05) is 64.2 Å². The van der Waals surface area contributed by atoms with E-state index < -0.39 is 0 Å². The van der Waals surface area contributed by atoms with Crippen molar-refractivity contribution in [2.75, 3.05) is 11.1 Å². The lowest BCUT2D eigenvalue weighted by Gasteiger charge is -2.09. The predicted octanol–water partition coefficient (Wildman–Crippen LogP) is 5.04. The van der Waals surface area contributed by atoms with Gasteiger partial charge in [0.2, 0.25) is 0 Å². The van der Waals surface area contributed by atoms with Crippen molar-refractivity contribution >= 4 is 27.3 Å². The van der Waals surface area contributed by atoms with E-state index in [0.717, 1.165) is 27.8 Å². The Labute approximate surface area is 150 Å². The van der Waals surface area contributed by atoms with Crippen LogP contribution in [-0.2, 0) is 6.54 Å². The molecule has 2 nitrogen and oxygen atoms in total. The number of anilines is 2. The van der Waals surface area contributed by atoms with Gasteiger partial charge in [0.15, 0.2) is 0 Å². The summed E-state index contributed by atoms with van der Waals surface area (Å²) in [6, 6.07) is 23.9. The van der Waals surface area contributed by atoms with E-state index in [9.17, 15) is 0 Å². The van der Waals surface area contributed by atoms with E-state index in [-0.39, 0.29) is 0 Å². The monoisotopic (exact) mass is 376 g/mol. The van der Waals surface area contributed by atoms with Crippen molar-refractivity contribution in [3.05, 3.63) is 94.0 Å². The third-order valence-electron chi connectivity index (χ3n) is 3.59. The van der Waals surface area contributed by atoms with Crippen LogP contribution < -0.4 is 11.1 Å². The summed E-state index contributed by atoms with van der Waals surface area (Å²) in [7, 11) is 0. The molecule has 0 fully saturated rings. The Kier molecular flexibility index (Phi) is 5.20. The van der Waals surface area contributed by atoms with Gasteiger partial charge >= 0.3 is 0 Å². The van der Waals surface area contributed by atoms with Gasteiger partial charge in [-0.05, 0) is 42.0 Å². The molecule has 118 valence electrons. The zero-order valence-corrected chi connectivity index (χ0v) is 14.7. The Morgan fingerprint density at radius 3 is 2.33 bits per heavy atom. The fourth-order valence-electron chi connectivity index (χ4n) is 2.34. The summed E-state index contributed by atoms with van der Waals surface area (Å²) in [5, 5.41) is 3.45. The molecule has 0 amide bonds. The van der Waals surface area contributed by atoms with Crippen molar-refractivity contribution in [3.8, 4) is 11.8 Å². The first-order valence-electron chi connectivity index (χ1n) is 7.66. The first-order valence-corrected chi connectivity index (χ1v) is 8.45. The summed E-state index contributed by atoms with van der Waals surface area (Å²) in [6.07, 6.45) is 0. The molecule has 0 aromatic heterocycles. The van der Waals surface area contributed by atoms with Crippen molar-refractivity contribution in [2.45, 2.75) is 6.54 Å². The van der Waals surface area contributed by atoms with Gasteiger partial charge in [0, 0.05) is 27.8 Å². The van der Waals surface area contributed by atoms with E-state index in [1.165, 1.54) is 5.56 Å². The van der Waals surface area contributed by atoms with Crippen molar-refractivity contribution in [3.63, 3.8) is 0 Å². The molecule has 3 rings (SSSR count). The molecule has 0 saturated carbocycles. The standard InChI is InChI=1S/C21H17BrN2/c22-19-9-5-6-16(14-19)15-24-21-11-4-2-8-18(21)13-12-17-7-1-3-10-20(17)23/h1-11,14,24H,15,23H2. The van der Waals surface area contributed by atoms with Gasteiger partial charge in [-0.25, -0.2) is 0 Å². The number of hydrogen-bond donors (Lipinski definition) is 2. The molecule has 3 aromatic rings. The van der Waals surface area contributed by atoms with Crippen molar-refractivity contribution in [1.82, 2.24) is 0 Å². The van der Waals surface area contributed by atoms with Gasteiger partial charge in [-0.15, -0.1) is 0 Å². The summed E-state index contributed by atoms with van der Waals surface area (Å²) < 4.78 is 1.08. The minimum absolute atomic E-state index is 0.699. The molecule has 0 radical (unpaired) electrons. The number of halogens is 1. The lowest BCUT2D eigenvalue weighted by atomic mass is 10.1. The quantitative estimate of drug-likeness (QED) is 0.496. The second-order valence-electron chi connectivity index (χ2n) is 5.37. The van der Waals surface area contributed by atoms with Crippen LogP contribution in [0.2, 0.25) is 0 Å². The fraction of sp³-hybridized carbons (Fsp3) is 0.0476. The Morgan fingerprint density at radius 2 is 1.54 bits per heavy atom. The summed E-state index contributed by atoms with van der Waals surface area (Å²) in [6.45, 7) is 0.742. The topological polar surface area (TPSA) is 38.0 Å². The number of nitrogens with two attached hydrogens (primary N) is 1. The Bertz CT molecular complexity index is 907. The van der Waals surface area contributed by atoms with Crippen molar-refractivity contribution in [1.29, 1.82) is 0 Å². The number of nitrogen functional groups attached to an aromatic ring is 1. The molecule has 3 N–H and O–H groups in total. The maximum Gasteiger partial charge on any atom is 0.0502 e. The predicted molar refractivity (Wildman–Crippen MR) is 105 cm³/mol. The van der Waals surface area contributed by atoms with Gasteiger partial charge in [0.1, 0.15) is 0 Å². The van der Waals surface area contributed by atoms with Crippen LogP contribution in [-0.4, -0.2) is 0 Å². The summed E-state index contributed by atoms with van der Waals surface area (Å²) in [5.41, 5.74) is 10.7. The zero-order valence-electron chi connectivity index (χ0n) is 13.1. The van der Waals surface area contributed by atoms with Crippen LogP contribution in [0.25, 0.3) is 0 Å². The maximum atomic E-state index is 5.95. The van der Waals surface area contributed by atoms with Crippen LogP contribution in [0.5, 0.6) is 0 Å². The molecule has 0 atom stereocenters. The molecular weight excluding hydrogens is 360 g/mol. The summed E-state index contributed by atoms with van der Waals surface area (Å²) in [5.74, 6) is 6.37. The van der Waals surface area contributed by atoms with Crippen molar-refractivity contribution < 1.29 is 0 Å². The molecule has 0 saturated heterocycles. The highest BCUT2D eigenvalue weighted by molar-refractivity contribution is 9.10. The Hall–Kier alpha value is -2.70. The summed E-state index contributed by atoms with van der Waals surface area (Å²) in [4.78, 5) is 0. The van der Waals surface area contributed by atoms with E-state index in [1.807, 2.05) is 60.7 Å². The number of para-hydroxylation sites is 2. The largest absolute Gasteiger partial charge is 0.398 e. The smallest absolute Gasteiger partial charge is 0.0502 e. The van der Waals surface area contributed by atoms with E-state index in [1.54, 1.807) is 0 Å². The van der Waals surface area contributed by atoms with Crippen LogP contribution in [0.1, 0.15) is 16.7 Å². The third-order valence-corrected chi connectivity index (χ3v) is 4.08. The molecule has 0 heterocycles. The fourth-order valence-corrected chi connectivity index (χ4v) is 2.78. The minimum atomic E-state index is 0.699. The average molecular weight is 377 g/mol. The van der Waals surface area contributed by atoms with E-state index >= 15 is 0 Å². The maximum absolute atomic E-state index is 5.95. The molecule has 0 aliphatic rings. The highest BCUT2D eigenvalue weighted by Gasteiger charge is 2.00. The average Bonchev–Trinajstić information content (AvgIpc) is 2.60. The van der Waals surface area contributed by atoms with Gasteiger partial charge < -0.3 is 11.1 Å². The molecule has 0 bridgehead atoms. The van der Waals surface area contributed by atoms with Crippen LogP contribution in [0.15, 0.2) is 77.3 Å². The normalized spacial score (nSPS) is 9.88. The SMILES string of the molecule is Nc1ccccc1C#Cc1ccccc1NCc1cccc(Br)c1. The zero-order chi connectivity index (χ0) is 16.8. The first kappa shape index (κ1) is 16.2. The number of nitrogens with one attached hydrogen (secondary N) is 1. The van der Waals surface area contributed by atoms with E-state index in [0.29, 0.717) is 5.69 Å².